The largest absolute Gasteiger partial charge is 0.497 e. The molecule has 0 spiro atoms. The van der Waals surface area contributed by atoms with Crippen molar-refractivity contribution in [2.75, 3.05) is 31.9 Å². The number of carbonyl (C=O) groups excluding carboxylic acids is 2. The molecule has 3 rings (SSSR count). The van der Waals surface area contributed by atoms with Gasteiger partial charge in [-0.1, -0.05) is 29.4 Å². The molecule has 35 heavy (non-hydrogen) atoms. The van der Waals surface area contributed by atoms with Gasteiger partial charge in [-0.15, -0.1) is 0 Å². The Morgan fingerprint density at radius 3 is 2.57 bits per heavy atom. The summed E-state index contributed by atoms with van der Waals surface area (Å²) in [5, 5.41) is 7.03. The molecule has 8 nitrogen and oxygen atoms in total. The van der Waals surface area contributed by atoms with Crippen molar-refractivity contribution in [3.63, 3.8) is 0 Å². The first-order chi connectivity index (χ1) is 16.8. The Bertz CT molecular complexity index is 1180. The zero-order valence-electron chi connectivity index (χ0n) is 20.2. The number of thioether (sulfide) groups is 1. The molecule has 0 fully saturated rings. The van der Waals surface area contributed by atoms with Crippen LogP contribution in [0.1, 0.15) is 31.0 Å². The Balaban J connectivity index is 1.84. The van der Waals surface area contributed by atoms with Crippen LogP contribution in [-0.4, -0.2) is 43.6 Å². The van der Waals surface area contributed by atoms with E-state index in [-0.39, 0.29) is 18.3 Å². The number of nitrogens with one attached hydrogen (secondary N) is 2. The summed E-state index contributed by atoms with van der Waals surface area (Å²) in [4.78, 5) is 30.1. The van der Waals surface area contributed by atoms with Crippen LogP contribution in [0.15, 0.2) is 52.7 Å². The first kappa shape index (κ1) is 26.4. The molecule has 0 aliphatic carbocycles. The van der Waals surface area contributed by atoms with Crippen molar-refractivity contribution in [3.8, 4) is 11.5 Å². The van der Waals surface area contributed by atoms with Crippen molar-refractivity contribution in [3.05, 3.63) is 63.8 Å². The number of ether oxygens (including phenoxy) is 3. The molecule has 1 heterocycles. The van der Waals surface area contributed by atoms with Crippen molar-refractivity contribution in [1.82, 2.24) is 5.32 Å². The van der Waals surface area contributed by atoms with Crippen LogP contribution in [0.4, 0.5) is 5.69 Å². The maximum Gasteiger partial charge on any atom is 0.338 e. The second-order valence-electron chi connectivity index (χ2n) is 7.63. The zero-order chi connectivity index (χ0) is 25.5. The number of methoxy groups -OCH3 is 2. The highest BCUT2D eigenvalue weighted by atomic mass is 35.5. The van der Waals surface area contributed by atoms with Crippen molar-refractivity contribution in [1.29, 1.82) is 0 Å². The van der Waals surface area contributed by atoms with Crippen LogP contribution in [0.2, 0.25) is 5.02 Å². The Labute approximate surface area is 214 Å². The van der Waals surface area contributed by atoms with Crippen LogP contribution in [0, 0.1) is 6.92 Å². The number of hydrogen-bond acceptors (Lipinski definition) is 8. The number of amides is 1. The molecule has 0 unspecified atom stereocenters. The molecule has 186 valence electrons. The average Bonchev–Trinajstić information content (AvgIpc) is 2.84. The standard InChI is InChI=1S/C25H28ClN3O5S/c1-6-34-24(31)22-15(3)27-25(29-23(22)18-10-9-17(32-4)12-20(18)33-5)35-13-21(30)28-16-8-7-14(2)19(26)11-16/h7-12,23H,6,13H2,1-5H3,(H,27,29)(H,28,30)/t23-/m1/s1. The van der Waals surface area contributed by atoms with E-state index in [2.05, 4.69) is 10.6 Å². The summed E-state index contributed by atoms with van der Waals surface area (Å²) in [6, 6.07) is 9.98. The van der Waals surface area contributed by atoms with E-state index in [1.807, 2.05) is 13.0 Å². The highest BCUT2D eigenvalue weighted by Crippen LogP contribution is 2.39. The summed E-state index contributed by atoms with van der Waals surface area (Å²) in [5.74, 6) is 0.557. The molecular formula is C25H28ClN3O5S. The lowest BCUT2D eigenvalue weighted by atomic mass is 9.95. The van der Waals surface area contributed by atoms with Gasteiger partial charge >= 0.3 is 5.97 Å². The van der Waals surface area contributed by atoms with Gasteiger partial charge < -0.3 is 24.8 Å². The number of carbonyl (C=O) groups is 2. The van der Waals surface area contributed by atoms with E-state index in [4.69, 9.17) is 30.8 Å². The number of allylic oxidation sites excluding steroid dienone is 1. The van der Waals surface area contributed by atoms with E-state index in [9.17, 15) is 9.59 Å². The molecule has 10 heteroatoms. The minimum absolute atomic E-state index is 0.103. The second-order valence-corrected chi connectivity index (χ2v) is 9.00. The summed E-state index contributed by atoms with van der Waals surface area (Å²) in [6.45, 7) is 5.65. The third-order valence-electron chi connectivity index (χ3n) is 5.24. The number of halogens is 1. The fourth-order valence-corrected chi connectivity index (χ4v) is 4.39. The van der Waals surface area contributed by atoms with Gasteiger partial charge in [-0.2, -0.15) is 0 Å². The molecule has 2 aromatic carbocycles. The molecule has 1 aliphatic rings. The summed E-state index contributed by atoms with van der Waals surface area (Å²) in [5.41, 5.74) is 3.19. The highest BCUT2D eigenvalue weighted by Gasteiger charge is 2.32. The molecule has 0 bridgehead atoms. The zero-order valence-corrected chi connectivity index (χ0v) is 21.8. The van der Waals surface area contributed by atoms with Crippen LogP contribution in [0.3, 0.4) is 0 Å². The third kappa shape index (κ3) is 6.49. The van der Waals surface area contributed by atoms with Crippen molar-refractivity contribution in [2.24, 2.45) is 4.99 Å². The SMILES string of the molecule is CCOC(=O)C1=C(C)NC(SCC(=O)Nc2ccc(C)c(Cl)c2)=N[C@@H]1c1ccc(OC)cc1OC. The van der Waals surface area contributed by atoms with Gasteiger partial charge in [0.1, 0.15) is 17.5 Å². The van der Waals surface area contributed by atoms with Crippen LogP contribution < -0.4 is 20.1 Å². The smallest absolute Gasteiger partial charge is 0.338 e. The van der Waals surface area contributed by atoms with Gasteiger partial charge in [0.2, 0.25) is 5.91 Å². The average molecular weight is 518 g/mol. The normalized spacial score (nSPS) is 15.1. The van der Waals surface area contributed by atoms with E-state index < -0.39 is 12.0 Å². The van der Waals surface area contributed by atoms with Crippen molar-refractivity contribution < 1.29 is 23.8 Å². The van der Waals surface area contributed by atoms with Gasteiger partial charge in [-0.25, -0.2) is 9.79 Å². The van der Waals surface area contributed by atoms with Gasteiger partial charge in [-0.05, 0) is 50.6 Å². The predicted molar refractivity (Wildman–Crippen MR) is 139 cm³/mol. The topological polar surface area (TPSA) is 98.2 Å². The Morgan fingerprint density at radius 1 is 1.14 bits per heavy atom. The molecule has 1 atom stereocenters. The Hall–Kier alpha value is -3.17. The molecule has 2 aromatic rings. The lowest BCUT2D eigenvalue weighted by molar-refractivity contribution is -0.139. The summed E-state index contributed by atoms with van der Waals surface area (Å²) >= 11 is 7.37. The first-order valence-electron chi connectivity index (χ1n) is 10.9. The number of rotatable bonds is 8. The van der Waals surface area contributed by atoms with E-state index >= 15 is 0 Å². The van der Waals surface area contributed by atoms with Gasteiger partial charge in [0.25, 0.3) is 0 Å². The minimum Gasteiger partial charge on any atom is -0.497 e. The number of benzene rings is 2. The first-order valence-corrected chi connectivity index (χ1v) is 12.3. The molecular weight excluding hydrogens is 490 g/mol. The Kier molecular flexibility index (Phi) is 9.06. The number of esters is 1. The number of nitrogens with zero attached hydrogens (tertiary/aromatic N) is 1. The third-order valence-corrected chi connectivity index (χ3v) is 6.54. The van der Waals surface area contributed by atoms with Crippen LogP contribution in [-0.2, 0) is 14.3 Å². The fraction of sp³-hybridized carbons (Fsp3) is 0.320. The summed E-state index contributed by atoms with van der Waals surface area (Å²) in [7, 11) is 3.11. The molecule has 0 aromatic heterocycles. The molecule has 2 N–H and O–H groups in total. The van der Waals surface area contributed by atoms with E-state index in [1.54, 1.807) is 58.4 Å². The monoisotopic (exact) mass is 517 g/mol. The summed E-state index contributed by atoms with van der Waals surface area (Å²) < 4.78 is 16.1. The maximum atomic E-state index is 12.8. The molecule has 1 aliphatic heterocycles. The second kappa shape index (κ2) is 12.0. The van der Waals surface area contributed by atoms with E-state index in [0.29, 0.717) is 44.2 Å². The Morgan fingerprint density at radius 2 is 1.91 bits per heavy atom. The highest BCUT2D eigenvalue weighted by molar-refractivity contribution is 8.14. The number of aryl methyl sites for hydroxylation is 1. The minimum atomic E-state index is -0.683. The number of anilines is 1. The van der Waals surface area contributed by atoms with Gasteiger partial charge in [-0.3, -0.25) is 4.79 Å². The van der Waals surface area contributed by atoms with Gasteiger partial charge in [0.15, 0.2) is 5.17 Å². The number of hydrogen-bond donors (Lipinski definition) is 2. The fourth-order valence-electron chi connectivity index (χ4n) is 3.46. The summed E-state index contributed by atoms with van der Waals surface area (Å²) in [6.07, 6.45) is 0. The number of aliphatic imine (C=N–C) groups is 1. The lowest BCUT2D eigenvalue weighted by Crippen LogP contribution is -2.31. The molecule has 0 radical (unpaired) electrons. The maximum absolute atomic E-state index is 12.8. The van der Waals surface area contributed by atoms with Crippen LogP contribution in [0.25, 0.3) is 0 Å². The molecule has 0 saturated heterocycles. The van der Waals surface area contributed by atoms with Gasteiger partial charge in [0, 0.05) is 28.0 Å². The van der Waals surface area contributed by atoms with Crippen LogP contribution in [0.5, 0.6) is 11.5 Å². The van der Waals surface area contributed by atoms with E-state index in [1.165, 1.54) is 11.8 Å². The van der Waals surface area contributed by atoms with Crippen LogP contribution >= 0.6 is 23.4 Å². The van der Waals surface area contributed by atoms with Crippen molar-refractivity contribution in [2.45, 2.75) is 26.8 Å². The van der Waals surface area contributed by atoms with E-state index in [0.717, 1.165) is 5.56 Å². The molecule has 0 saturated carbocycles. The predicted octanol–water partition coefficient (Wildman–Crippen LogP) is 4.87. The van der Waals surface area contributed by atoms with Gasteiger partial charge in [0.05, 0.1) is 32.2 Å². The quantitative estimate of drug-likeness (QED) is 0.482. The van der Waals surface area contributed by atoms with Crippen molar-refractivity contribution >= 4 is 46.1 Å². The number of amidine groups is 1. The molecule has 1 amide bonds. The lowest BCUT2D eigenvalue weighted by Gasteiger charge is -2.26.